The van der Waals surface area contributed by atoms with Gasteiger partial charge in [0.2, 0.25) is 0 Å². The van der Waals surface area contributed by atoms with Crippen LogP contribution in [0.5, 0.6) is 0 Å². The van der Waals surface area contributed by atoms with Crippen molar-refractivity contribution < 1.29 is 24.0 Å². The lowest BCUT2D eigenvalue weighted by Gasteiger charge is -2.31. The molecule has 36 heavy (non-hydrogen) atoms. The van der Waals surface area contributed by atoms with Gasteiger partial charge in [0.1, 0.15) is 12.0 Å². The van der Waals surface area contributed by atoms with Gasteiger partial charge in [-0.2, -0.15) is 0 Å². The zero-order valence-electron chi connectivity index (χ0n) is 20.5. The smallest absolute Gasteiger partial charge is 0.336 e. The van der Waals surface area contributed by atoms with Crippen molar-refractivity contribution in [3.05, 3.63) is 87.1 Å². The van der Waals surface area contributed by atoms with Crippen LogP contribution in [0.3, 0.4) is 0 Å². The molecule has 9 heteroatoms. The Morgan fingerprint density at radius 3 is 2.58 bits per heavy atom. The Bertz CT molecular complexity index is 1220. The number of carbonyl (C=O) groups is 2. The molecule has 0 spiro atoms. The Morgan fingerprint density at radius 1 is 1.14 bits per heavy atom. The fourth-order valence-corrected chi connectivity index (χ4v) is 5.02. The van der Waals surface area contributed by atoms with Gasteiger partial charge in [-0.05, 0) is 31.4 Å². The minimum Gasteiger partial charge on any atom is -0.468 e. The van der Waals surface area contributed by atoms with Crippen LogP contribution in [0, 0.1) is 16.0 Å². The molecule has 0 aliphatic carbocycles. The predicted molar refractivity (Wildman–Crippen MR) is 133 cm³/mol. The molecule has 3 atom stereocenters. The lowest BCUT2D eigenvalue weighted by Crippen LogP contribution is -2.37. The first-order valence-electron chi connectivity index (χ1n) is 11.8. The number of hydrogen-bond donors (Lipinski definition) is 0. The molecule has 4 rings (SSSR count). The van der Waals surface area contributed by atoms with Crippen molar-refractivity contribution in [2.45, 2.75) is 38.8 Å². The van der Waals surface area contributed by atoms with Crippen molar-refractivity contribution in [3.63, 3.8) is 0 Å². The Morgan fingerprint density at radius 2 is 1.89 bits per heavy atom. The monoisotopic (exact) mass is 491 g/mol. The molecule has 0 saturated carbocycles. The Kier molecular flexibility index (Phi) is 7.59. The van der Waals surface area contributed by atoms with Crippen molar-refractivity contribution >= 4 is 23.3 Å². The third kappa shape index (κ3) is 5.36. The second-order valence-corrected chi connectivity index (χ2v) is 9.12. The molecule has 0 aromatic heterocycles. The van der Waals surface area contributed by atoms with E-state index in [2.05, 4.69) is 22.0 Å². The van der Waals surface area contributed by atoms with Gasteiger partial charge in [0.05, 0.1) is 17.6 Å². The number of allylic oxidation sites excluding steroid dienone is 1. The first-order chi connectivity index (χ1) is 17.3. The zero-order chi connectivity index (χ0) is 25.8. The maximum absolute atomic E-state index is 13.5. The highest BCUT2D eigenvalue weighted by Crippen LogP contribution is 2.41. The molecule has 0 radical (unpaired) electrons. The van der Waals surface area contributed by atoms with E-state index < -0.39 is 28.7 Å². The topological polar surface area (TPSA) is 111 Å². The Hall–Kier alpha value is -3.85. The van der Waals surface area contributed by atoms with Gasteiger partial charge in [-0.3, -0.25) is 24.8 Å². The molecule has 2 aromatic carbocycles. The van der Waals surface area contributed by atoms with E-state index in [1.165, 1.54) is 24.8 Å². The normalized spacial score (nSPS) is 22.2. The summed E-state index contributed by atoms with van der Waals surface area (Å²) < 4.78 is 10.9. The molecule has 1 saturated heterocycles. The number of carbonyl (C=O) groups excluding carboxylic acids is 2. The number of rotatable bonds is 7. The molecule has 3 unspecified atom stereocenters. The SMILES string of the molecule is COC(=O)C1C(C)=NC(C)=C(C(=O)OC2CCN(Cc3ccccc3)C2)C1c1cccc([N+](=O)[O-])c1. The lowest BCUT2D eigenvalue weighted by atomic mass is 9.75. The summed E-state index contributed by atoms with van der Waals surface area (Å²) in [4.78, 5) is 44.0. The molecule has 2 aromatic rings. The van der Waals surface area contributed by atoms with Crippen LogP contribution in [0.4, 0.5) is 5.69 Å². The number of esters is 2. The van der Waals surface area contributed by atoms with Gasteiger partial charge in [-0.15, -0.1) is 0 Å². The van der Waals surface area contributed by atoms with E-state index in [0.717, 1.165) is 13.1 Å². The Labute approximate surface area is 209 Å². The molecule has 188 valence electrons. The number of non-ortho nitro benzene ring substituents is 1. The van der Waals surface area contributed by atoms with Crippen LogP contribution in [0.15, 0.2) is 70.9 Å². The highest BCUT2D eigenvalue weighted by molar-refractivity contribution is 6.07. The average molecular weight is 492 g/mol. The van der Waals surface area contributed by atoms with Crippen LogP contribution in [0.2, 0.25) is 0 Å². The number of nitro groups is 1. The fourth-order valence-electron chi connectivity index (χ4n) is 5.02. The standard InChI is InChI=1S/C27H29N3O6/c1-17-23(26(31)35-3)25(20-10-7-11-21(14-20)30(33)34)24(18(2)28-17)27(32)36-22-12-13-29(16-22)15-19-8-5-4-6-9-19/h4-11,14,22-23,25H,12-13,15-16H2,1-3H3. The first kappa shape index (κ1) is 25.2. The van der Waals surface area contributed by atoms with Gasteiger partial charge in [0, 0.05) is 49.1 Å². The van der Waals surface area contributed by atoms with E-state index in [4.69, 9.17) is 9.47 Å². The van der Waals surface area contributed by atoms with E-state index in [-0.39, 0.29) is 17.4 Å². The summed E-state index contributed by atoms with van der Waals surface area (Å²) in [5.74, 6) is -2.85. The summed E-state index contributed by atoms with van der Waals surface area (Å²) >= 11 is 0. The van der Waals surface area contributed by atoms with Crippen molar-refractivity contribution in [3.8, 4) is 0 Å². The molecular weight excluding hydrogens is 462 g/mol. The van der Waals surface area contributed by atoms with Crippen molar-refractivity contribution in [2.24, 2.45) is 10.9 Å². The van der Waals surface area contributed by atoms with Gasteiger partial charge in [-0.1, -0.05) is 42.5 Å². The van der Waals surface area contributed by atoms with Gasteiger partial charge in [-0.25, -0.2) is 4.79 Å². The molecule has 2 aliphatic heterocycles. The van der Waals surface area contributed by atoms with E-state index in [0.29, 0.717) is 29.9 Å². The largest absolute Gasteiger partial charge is 0.468 e. The van der Waals surface area contributed by atoms with E-state index in [1.54, 1.807) is 26.0 Å². The number of benzene rings is 2. The molecular formula is C27H29N3O6. The lowest BCUT2D eigenvalue weighted by molar-refractivity contribution is -0.384. The number of aliphatic imine (C=N–C) groups is 1. The van der Waals surface area contributed by atoms with Gasteiger partial charge >= 0.3 is 11.9 Å². The molecule has 0 N–H and O–H groups in total. The fraction of sp³-hybridized carbons (Fsp3) is 0.370. The van der Waals surface area contributed by atoms with Crippen LogP contribution in [-0.4, -0.2) is 53.8 Å². The highest BCUT2D eigenvalue weighted by atomic mass is 16.6. The first-order valence-corrected chi connectivity index (χ1v) is 11.8. The van der Waals surface area contributed by atoms with Crippen LogP contribution in [-0.2, 0) is 25.6 Å². The summed E-state index contributed by atoms with van der Waals surface area (Å²) in [6.07, 6.45) is 0.380. The number of ether oxygens (including phenoxy) is 2. The minimum absolute atomic E-state index is 0.131. The third-order valence-corrected chi connectivity index (χ3v) is 6.70. The third-order valence-electron chi connectivity index (χ3n) is 6.70. The Balaban J connectivity index is 1.60. The second-order valence-electron chi connectivity index (χ2n) is 9.12. The molecule has 2 heterocycles. The molecule has 1 fully saturated rings. The van der Waals surface area contributed by atoms with Crippen LogP contribution in [0.25, 0.3) is 0 Å². The van der Waals surface area contributed by atoms with Crippen LogP contribution < -0.4 is 0 Å². The number of likely N-dealkylation sites (tertiary alicyclic amines) is 1. The summed E-state index contributed by atoms with van der Waals surface area (Å²) in [6, 6.07) is 16.1. The zero-order valence-corrected chi connectivity index (χ0v) is 20.5. The highest BCUT2D eigenvalue weighted by Gasteiger charge is 2.43. The van der Waals surface area contributed by atoms with Crippen molar-refractivity contribution in [1.29, 1.82) is 0 Å². The summed E-state index contributed by atoms with van der Waals surface area (Å²) in [5.41, 5.74) is 2.63. The molecule has 0 amide bonds. The minimum atomic E-state index is -0.901. The van der Waals surface area contributed by atoms with Crippen LogP contribution >= 0.6 is 0 Å². The van der Waals surface area contributed by atoms with Crippen molar-refractivity contribution in [1.82, 2.24) is 4.90 Å². The molecule has 0 bridgehead atoms. The second kappa shape index (κ2) is 10.8. The predicted octanol–water partition coefficient (Wildman–Crippen LogP) is 4.03. The molecule has 9 nitrogen and oxygen atoms in total. The van der Waals surface area contributed by atoms with E-state index >= 15 is 0 Å². The average Bonchev–Trinajstić information content (AvgIpc) is 3.30. The number of nitrogens with zero attached hydrogens (tertiary/aromatic N) is 3. The summed E-state index contributed by atoms with van der Waals surface area (Å²) in [6.45, 7) is 5.53. The number of hydrogen-bond acceptors (Lipinski definition) is 8. The maximum Gasteiger partial charge on any atom is 0.336 e. The number of nitro benzene ring substituents is 1. The van der Waals surface area contributed by atoms with E-state index in [9.17, 15) is 19.7 Å². The summed E-state index contributed by atoms with van der Waals surface area (Å²) in [7, 11) is 1.27. The van der Waals surface area contributed by atoms with Gasteiger partial charge < -0.3 is 9.47 Å². The van der Waals surface area contributed by atoms with E-state index in [1.807, 2.05) is 18.2 Å². The van der Waals surface area contributed by atoms with Crippen LogP contribution in [0.1, 0.15) is 37.3 Å². The van der Waals surface area contributed by atoms with Gasteiger partial charge in [0.15, 0.2) is 0 Å². The molecule has 2 aliphatic rings. The summed E-state index contributed by atoms with van der Waals surface area (Å²) in [5, 5.41) is 11.4. The maximum atomic E-state index is 13.5. The van der Waals surface area contributed by atoms with Gasteiger partial charge in [0.25, 0.3) is 5.69 Å². The quantitative estimate of drug-likeness (QED) is 0.327. The van der Waals surface area contributed by atoms with Crippen molar-refractivity contribution in [2.75, 3.05) is 20.2 Å². The number of methoxy groups -OCH3 is 1.